The number of aryl methyl sites for hydroxylation is 1. The molecule has 7 heteroatoms. The van der Waals surface area contributed by atoms with Crippen LogP contribution in [0.3, 0.4) is 0 Å². The molecule has 2 aromatic rings. The summed E-state index contributed by atoms with van der Waals surface area (Å²) in [6.07, 6.45) is 1.40. The number of amides is 1. The molecule has 0 spiro atoms. The largest absolute Gasteiger partial charge is 0.469 e. The minimum atomic E-state index is -0.909. The number of furan rings is 1. The first-order valence-electron chi connectivity index (χ1n) is 6.78. The fraction of sp³-hybridized carbons (Fsp3) is 0.267. The number of nitro benzene ring substituents is 1. The van der Waals surface area contributed by atoms with E-state index in [-0.39, 0.29) is 24.6 Å². The predicted octanol–water partition coefficient (Wildman–Crippen LogP) is 1.97. The lowest BCUT2D eigenvalue weighted by Crippen LogP contribution is -2.28. The Morgan fingerprint density at radius 3 is 2.64 bits per heavy atom. The lowest BCUT2D eigenvalue weighted by Gasteiger charge is -2.12. The van der Waals surface area contributed by atoms with Gasteiger partial charge in [0.15, 0.2) is 0 Å². The molecule has 1 aromatic heterocycles. The molecular formula is C15H16N2O5. The second-order valence-corrected chi connectivity index (χ2v) is 4.75. The number of benzene rings is 1. The number of aliphatic hydroxyl groups excluding tert-OH is 1. The number of hydrogen-bond donors (Lipinski definition) is 2. The van der Waals surface area contributed by atoms with Crippen LogP contribution < -0.4 is 5.32 Å². The van der Waals surface area contributed by atoms with E-state index in [9.17, 15) is 20.0 Å². The highest BCUT2D eigenvalue weighted by molar-refractivity contribution is 5.76. The number of rotatable bonds is 7. The molecule has 1 heterocycles. The zero-order chi connectivity index (χ0) is 15.9. The Morgan fingerprint density at radius 1 is 1.32 bits per heavy atom. The van der Waals surface area contributed by atoms with Crippen LogP contribution in [0.15, 0.2) is 47.1 Å². The lowest BCUT2D eigenvalue weighted by atomic mass is 10.1. The van der Waals surface area contributed by atoms with Crippen LogP contribution in [-0.4, -0.2) is 22.5 Å². The van der Waals surface area contributed by atoms with Gasteiger partial charge in [0.25, 0.3) is 5.69 Å². The van der Waals surface area contributed by atoms with Crippen LogP contribution in [0.2, 0.25) is 0 Å². The van der Waals surface area contributed by atoms with Crippen molar-refractivity contribution in [3.8, 4) is 0 Å². The van der Waals surface area contributed by atoms with Gasteiger partial charge in [0.05, 0.1) is 17.3 Å². The van der Waals surface area contributed by atoms with Crippen molar-refractivity contribution >= 4 is 11.6 Å². The van der Waals surface area contributed by atoms with E-state index < -0.39 is 11.0 Å². The molecule has 2 N–H and O–H groups in total. The van der Waals surface area contributed by atoms with Gasteiger partial charge >= 0.3 is 0 Å². The van der Waals surface area contributed by atoms with Gasteiger partial charge < -0.3 is 14.8 Å². The zero-order valence-corrected chi connectivity index (χ0v) is 11.8. The molecule has 116 valence electrons. The third-order valence-corrected chi connectivity index (χ3v) is 3.16. The molecule has 0 aliphatic rings. The fourth-order valence-electron chi connectivity index (χ4n) is 1.93. The first kappa shape index (κ1) is 15.7. The quantitative estimate of drug-likeness (QED) is 0.601. The molecule has 1 amide bonds. The molecule has 1 atom stereocenters. The molecule has 1 unspecified atom stereocenters. The molecule has 0 bridgehead atoms. The first-order valence-corrected chi connectivity index (χ1v) is 6.78. The highest BCUT2D eigenvalue weighted by Gasteiger charge is 2.12. The van der Waals surface area contributed by atoms with Gasteiger partial charge in [-0.3, -0.25) is 14.9 Å². The normalized spacial score (nSPS) is 11.9. The van der Waals surface area contributed by atoms with Crippen LogP contribution in [-0.2, 0) is 11.2 Å². The van der Waals surface area contributed by atoms with Gasteiger partial charge in [-0.15, -0.1) is 0 Å². The summed E-state index contributed by atoms with van der Waals surface area (Å²) < 4.78 is 5.12. The van der Waals surface area contributed by atoms with Gasteiger partial charge in [-0.05, 0) is 29.8 Å². The summed E-state index contributed by atoms with van der Waals surface area (Å²) in [4.78, 5) is 21.7. The summed E-state index contributed by atoms with van der Waals surface area (Å²) in [6.45, 7) is 0.0504. The van der Waals surface area contributed by atoms with E-state index in [2.05, 4.69) is 5.32 Å². The van der Waals surface area contributed by atoms with Crippen LogP contribution in [0, 0.1) is 10.1 Å². The molecule has 0 aliphatic carbocycles. The monoisotopic (exact) mass is 304 g/mol. The third-order valence-electron chi connectivity index (χ3n) is 3.16. The Balaban J connectivity index is 1.77. The second kappa shape index (κ2) is 7.37. The van der Waals surface area contributed by atoms with Gasteiger partial charge in [0.1, 0.15) is 5.76 Å². The maximum atomic E-state index is 11.7. The Labute approximate surface area is 126 Å². The van der Waals surface area contributed by atoms with Crippen LogP contribution in [0.4, 0.5) is 5.69 Å². The number of nitrogens with one attached hydrogen (secondary N) is 1. The van der Waals surface area contributed by atoms with Crippen molar-refractivity contribution in [3.05, 3.63) is 64.1 Å². The standard InChI is InChI=1S/C15H16N2O5/c18-14(11-3-5-12(6-4-11)17(20)21)10-16-15(19)8-7-13-2-1-9-22-13/h1-6,9,14,18H,7-8,10H2,(H,16,19). The molecule has 0 radical (unpaired) electrons. The van der Waals surface area contributed by atoms with E-state index >= 15 is 0 Å². The highest BCUT2D eigenvalue weighted by atomic mass is 16.6. The maximum Gasteiger partial charge on any atom is 0.269 e. The van der Waals surface area contributed by atoms with Gasteiger partial charge in [0, 0.05) is 31.5 Å². The van der Waals surface area contributed by atoms with E-state index in [0.717, 1.165) is 5.76 Å². The average Bonchev–Trinajstić information content (AvgIpc) is 3.04. The Hall–Kier alpha value is -2.67. The van der Waals surface area contributed by atoms with Crippen LogP contribution >= 0.6 is 0 Å². The molecular weight excluding hydrogens is 288 g/mol. The summed E-state index contributed by atoms with van der Waals surface area (Å²) in [6, 6.07) is 9.12. The van der Waals surface area contributed by atoms with Gasteiger partial charge in [-0.1, -0.05) is 0 Å². The summed E-state index contributed by atoms with van der Waals surface area (Å²) in [5, 5.41) is 23.1. The topological polar surface area (TPSA) is 106 Å². The van der Waals surface area contributed by atoms with E-state index in [1.165, 1.54) is 24.3 Å². The number of aliphatic hydroxyl groups is 1. The van der Waals surface area contributed by atoms with Crippen molar-refractivity contribution in [1.29, 1.82) is 0 Å². The summed E-state index contributed by atoms with van der Waals surface area (Å²) in [5.74, 6) is 0.531. The van der Waals surface area contributed by atoms with Crippen molar-refractivity contribution in [3.63, 3.8) is 0 Å². The molecule has 7 nitrogen and oxygen atoms in total. The van der Waals surface area contributed by atoms with Crippen molar-refractivity contribution in [2.45, 2.75) is 18.9 Å². The minimum absolute atomic E-state index is 0.0431. The molecule has 1 aromatic carbocycles. The first-order chi connectivity index (χ1) is 10.6. The van der Waals surface area contributed by atoms with E-state index in [1.54, 1.807) is 18.4 Å². The number of carbonyl (C=O) groups is 1. The fourth-order valence-corrected chi connectivity index (χ4v) is 1.93. The van der Waals surface area contributed by atoms with Crippen LogP contribution in [0.25, 0.3) is 0 Å². The lowest BCUT2D eigenvalue weighted by molar-refractivity contribution is -0.384. The molecule has 2 rings (SSSR count). The summed E-state index contributed by atoms with van der Waals surface area (Å²) in [5.41, 5.74) is 0.468. The van der Waals surface area contributed by atoms with Crippen molar-refractivity contribution in [2.24, 2.45) is 0 Å². The number of hydrogen-bond acceptors (Lipinski definition) is 5. The van der Waals surface area contributed by atoms with E-state index in [0.29, 0.717) is 12.0 Å². The molecule has 0 fully saturated rings. The second-order valence-electron chi connectivity index (χ2n) is 4.75. The van der Waals surface area contributed by atoms with Crippen molar-refractivity contribution < 1.29 is 19.2 Å². The number of non-ortho nitro benzene ring substituents is 1. The van der Waals surface area contributed by atoms with Gasteiger partial charge in [-0.2, -0.15) is 0 Å². The molecule has 0 aliphatic heterocycles. The molecule has 0 saturated heterocycles. The van der Waals surface area contributed by atoms with Gasteiger partial charge in [0.2, 0.25) is 5.91 Å². The Morgan fingerprint density at radius 2 is 2.05 bits per heavy atom. The third kappa shape index (κ3) is 4.42. The van der Waals surface area contributed by atoms with Crippen LogP contribution in [0.1, 0.15) is 23.8 Å². The Bertz CT molecular complexity index is 622. The van der Waals surface area contributed by atoms with E-state index in [4.69, 9.17) is 4.42 Å². The maximum absolute atomic E-state index is 11.7. The van der Waals surface area contributed by atoms with Crippen molar-refractivity contribution in [2.75, 3.05) is 6.54 Å². The summed E-state index contributed by atoms with van der Waals surface area (Å²) >= 11 is 0. The van der Waals surface area contributed by atoms with E-state index in [1.807, 2.05) is 0 Å². The molecule has 0 saturated carbocycles. The Kier molecular flexibility index (Phi) is 5.26. The number of nitro groups is 1. The summed E-state index contributed by atoms with van der Waals surface area (Å²) in [7, 11) is 0. The smallest absolute Gasteiger partial charge is 0.269 e. The predicted molar refractivity (Wildman–Crippen MR) is 78.1 cm³/mol. The number of carbonyl (C=O) groups excluding carboxylic acids is 1. The zero-order valence-electron chi connectivity index (χ0n) is 11.8. The number of nitrogens with zero attached hydrogens (tertiary/aromatic N) is 1. The highest BCUT2D eigenvalue weighted by Crippen LogP contribution is 2.17. The van der Waals surface area contributed by atoms with Crippen molar-refractivity contribution in [1.82, 2.24) is 5.32 Å². The SMILES string of the molecule is O=C(CCc1ccco1)NCC(O)c1ccc([N+](=O)[O-])cc1. The minimum Gasteiger partial charge on any atom is -0.469 e. The van der Waals surface area contributed by atoms with Crippen LogP contribution in [0.5, 0.6) is 0 Å². The van der Waals surface area contributed by atoms with Gasteiger partial charge in [-0.25, -0.2) is 0 Å². The average molecular weight is 304 g/mol. The molecule has 22 heavy (non-hydrogen) atoms.